The number of hydrogen-bond acceptors (Lipinski definition) is 4. The number of carbonyl (C=O) groups is 1. The van der Waals surface area contributed by atoms with E-state index in [2.05, 4.69) is 54.6 Å². The summed E-state index contributed by atoms with van der Waals surface area (Å²) in [6, 6.07) is 19.3. The lowest BCUT2D eigenvalue weighted by Crippen LogP contribution is -2.33. The average Bonchev–Trinajstić information content (AvgIpc) is 3.32. The molecule has 1 aromatic heterocycles. The second-order valence-electron chi connectivity index (χ2n) is 6.67. The summed E-state index contributed by atoms with van der Waals surface area (Å²) in [5, 5.41) is 2.53. The summed E-state index contributed by atoms with van der Waals surface area (Å²) >= 11 is 3.49. The highest BCUT2D eigenvalue weighted by Crippen LogP contribution is 2.49. The molecule has 1 heterocycles. The van der Waals surface area contributed by atoms with E-state index < -0.39 is 4.75 Å². The zero-order valence-electron chi connectivity index (χ0n) is 14.9. The number of rotatable bonds is 5. The summed E-state index contributed by atoms with van der Waals surface area (Å²) in [6.45, 7) is 2.34. The first-order valence-corrected chi connectivity index (χ1v) is 10.8. The third kappa shape index (κ3) is 3.28. The van der Waals surface area contributed by atoms with Crippen molar-refractivity contribution in [3.8, 4) is 10.4 Å². The number of benzene rings is 2. The van der Waals surface area contributed by atoms with E-state index in [1.807, 2.05) is 6.92 Å². The van der Waals surface area contributed by atoms with E-state index in [1.54, 1.807) is 23.1 Å². The minimum atomic E-state index is -0.392. The van der Waals surface area contributed by atoms with Crippen molar-refractivity contribution in [2.75, 3.05) is 6.61 Å². The maximum absolute atomic E-state index is 12.6. The van der Waals surface area contributed by atoms with Crippen LogP contribution in [-0.4, -0.2) is 17.3 Å². The van der Waals surface area contributed by atoms with Crippen molar-refractivity contribution in [2.24, 2.45) is 0 Å². The average molecular weight is 383 g/mol. The molecule has 0 N–H and O–H groups in total. The number of thioether (sulfide) groups is 1. The Kier molecular flexibility index (Phi) is 5.05. The lowest BCUT2D eigenvalue weighted by molar-refractivity contribution is -0.145. The maximum atomic E-state index is 12.6. The molecular weight excluding hydrogens is 360 g/mol. The first kappa shape index (κ1) is 17.6. The van der Waals surface area contributed by atoms with Crippen LogP contribution in [-0.2, 0) is 9.53 Å². The molecule has 0 saturated heterocycles. The van der Waals surface area contributed by atoms with E-state index in [0.29, 0.717) is 6.61 Å². The predicted molar refractivity (Wildman–Crippen MR) is 111 cm³/mol. The first-order chi connectivity index (χ1) is 12.7. The van der Waals surface area contributed by atoms with Gasteiger partial charge in [0.1, 0.15) is 4.75 Å². The van der Waals surface area contributed by atoms with Gasteiger partial charge >= 0.3 is 5.97 Å². The highest BCUT2D eigenvalue weighted by atomic mass is 32.2. The molecule has 2 nitrogen and oxygen atoms in total. The molecule has 0 spiro atoms. The Morgan fingerprint density at radius 2 is 1.85 bits per heavy atom. The van der Waals surface area contributed by atoms with Crippen molar-refractivity contribution in [1.82, 2.24) is 0 Å². The lowest BCUT2D eigenvalue weighted by atomic mass is 10.0. The number of ether oxygens (including phenoxy) is 1. The second kappa shape index (κ2) is 7.45. The maximum Gasteiger partial charge on any atom is 0.322 e. The zero-order valence-corrected chi connectivity index (χ0v) is 16.5. The Morgan fingerprint density at radius 1 is 1.08 bits per heavy atom. The fourth-order valence-corrected chi connectivity index (χ4v) is 6.56. The van der Waals surface area contributed by atoms with Gasteiger partial charge in [-0.2, -0.15) is 0 Å². The minimum absolute atomic E-state index is 0.0392. The quantitative estimate of drug-likeness (QED) is 0.469. The van der Waals surface area contributed by atoms with Gasteiger partial charge in [-0.05, 0) is 48.2 Å². The van der Waals surface area contributed by atoms with Gasteiger partial charge in [-0.15, -0.1) is 11.3 Å². The summed E-state index contributed by atoms with van der Waals surface area (Å²) < 4.78 is 6.20. The third-order valence-electron chi connectivity index (χ3n) is 4.99. The highest BCUT2D eigenvalue weighted by molar-refractivity contribution is 8.03. The van der Waals surface area contributed by atoms with Crippen LogP contribution in [0.3, 0.4) is 0 Å². The van der Waals surface area contributed by atoms with Gasteiger partial charge < -0.3 is 4.74 Å². The van der Waals surface area contributed by atoms with E-state index in [1.165, 1.54) is 25.4 Å². The molecule has 0 amide bonds. The summed E-state index contributed by atoms with van der Waals surface area (Å²) in [4.78, 5) is 13.8. The van der Waals surface area contributed by atoms with Crippen LogP contribution >= 0.6 is 23.1 Å². The van der Waals surface area contributed by atoms with Crippen LogP contribution in [0, 0.1) is 0 Å². The standard InChI is InChI=1S/C22H22O2S2/c1-2-24-21(23)22(14-5-6-15-22)26-20-13-12-19(25-20)18-11-7-9-16-8-3-4-10-17(16)18/h3-4,7-13H,2,5-6,14-15H2,1H3. The van der Waals surface area contributed by atoms with E-state index in [-0.39, 0.29) is 5.97 Å². The zero-order chi connectivity index (χ0) is 18.0. The summed E-state index contributed by atoms with van der Waals surface area (Å²) in [5.74, 6) is -0.0392. The van der Waals surface area contributed by atoms with Crippen molar-refractivity contribution in [2.45, 2.75) is 41.6 Å². The predicted octanol–water partition coefficient (Wildman–Crippen LogP) is 6.54. The summed E-state index contributed by atoms with van der Waals surface area (Å²) in [6.07, 6.45) is 4.04. The molecule has 2 aromatic carbocycles. The number of fused-ring (bicyclic) bond motifs is 1. The van der Waals surface area contributed by atoms with Crippen LogP contribution in [0.4, 0.5) is 0 Å². The molecular formula is C22H22O2S2. The smallest absolute Gasteiger partial charge is 0.322 e. The van der Waals surface area contributed by atoms with Crippen molar-refractivity contribution in [3.05, 3.63) is 54.6 Å². The van der Waals surface area contributed by atoms with Gasteiger partial charge in [0.25, 0.3) is 0 Å². The molecule has 26 heavy (non-hydrogen) atoms. The fraction of sp³-hybridized carbons (Fsp3) is 0.318. The van der Waals surface area contributed by atoms with Crippen LogP contribution in [0.1, 0.15) is 32.6 Å². The van der Waals surface area contributed by atoms with Crippen molar-refractivity contribution < 1.29 is 9.53 Å². The van der Waals surface area contributed by atoms with E-state index in [0.717, 1.165) is 25.7 Å². The third-order valence-corrected chi connectivity index (χ3v) is 7.71. The van der Waals surface area contributed by atoms with Crippen LogP contribution in [0.2, 0.25) is 0 Å². The molecule has 134 valence electrons. The van der Waals surface area contributed by atoms with Gasteiger partial charge in [-0.25, -0.2) is 0 Å². The Hall–Kier alpha value is -1.78. The normalized spacial score (nSPS) is 16.0. The molecule has 0 atom stereocenters. The Bertz CT molecular complexity index is 917. The first-order valence-electron chi connectivity index (χ1n) is 9.16. The second-order valence-corrected chi connectivity index (χ2v) is 9.44. The Labute approximate surface area is 162 Å². The van der Waals surface area contributed by atoms with Crippen LogP contribution < -0.4 is 0 Å². The van der Waals surface area contributed by atoms with Gasteiger partial charge in [0.05, 0.1) is 10.8 Å². The Balaban J connectivity index is 1.64. The number of carbonyl (C=O) groups excluding carboxylic acids is 1. The largest absolute Gasteiger partial charge is 0.465 e. The number of thiophene rings is 1. The summed E-state index contributed by atoms with van der Waals surface area (Å²) in [5.41, 5.74) is 1.26. The SMILES string of the molecule is CCOC(=O)C1(Sc2ccc(-c3cccc4ccccc34)s2)CCCC1. The van der Waals surface area contributed by atoms with Crippen molar-refractivity contribution in [1.29, 1.82) is 0 Å². The number of hydrogen-bond donors (Lipinski definition) is 0. The van der Waals surface area contributed by atoms with Crippen molar-refractivity contribution in [3.63, 3.8) is 0 Å². The molecule has 0 aliphatic heterocycles. The van der Waals surface area contributed by atoms with Gasteiger partial charge in [-0.1, -0.05) is 67.1 Å². The van der Waals surface area contributed by atoms with E-state index in [4.69, 9.17) is 4.74 Å². The van der Waals surface area contributed by atoms with Gasteiger partial charge in [0.2, 0.25) is 0 Å². The van der Waals surface area contributed by atoms with E-state index >= 15 is 0 Å². The molecule has 0 radical (unpaired) electrons. The van der Waals surface area contributed by atoms with Gasteiger partial charge in [0.15, 0.2) is 0 Å². The molecule has 0 unspecified atom stereocenters. The van der Waals surface area contributed by atoms with Crippen LogP contribution in [0.5, 0.6) is 0 Å². The topological polar surface area (TPSA) is 26.3 Å². The highest BCUT2D eigenvalue weighted by Gasteiger charge is 2.44. The minimum Gasteiger partial charge on any atom is -0.465 e. The number of esters is 1. The molecule has 1 aliphatic carbocycles. The van der Waals surface area contributed by atoms with Gasteiger partial charge in [-0.3, -0.25) is 4.79 Å². The van der Waals surface area contributed by atoms with E-state index in [9.17, 15) is 4.79 Å². The fourth-order valence-electron chi connectivity index (χ4n) is 3.71. The molecule has 4 rings (SSSR count). The summed E-state index contributed by atoms with van der Waals surface area (Å²) in [7, 11) is 0. The van der Waals surface area contributed by atoms with Crippen molar-refractivity contribution >= 4 is 39.8 Å². The monoisotopic (exact) mass is 382 g/mol. The molecule has 4 heteroatoms. The van der Waals surface area contributed by atoms with Crippen LogP contribution in [0.15, 0.2) is 58.8 Å². The van der Waals surface area contributed by atoms with Crippen LogP contribution in [0.25, 0.3) is 21.2 Å². The Morgan fingerprint density at radius 3 is 2.65 bits per heavy atom. The molecule has 1 fully saturated rings. The van der Waals surface area contributed by atoms with Gasteiger partial charge in [0, 0.05) is 4.88 Å². The molecule has 0 bridgehead atoms. The molecule has 1 saturated carbocycles. The molecule has 3 aromatic rings. The molecule has 1 aliphatic rings. The lowest BCUT2D eigenvalue weighted by Gasteiger charge is -2.24.